The van der Waals surface area contributed by atoms with Crippen LogP contribution in [0.15, 0.2) is 0 Å². The van der Waals surface area contributed by atoms with Gasteiger partial charge < -0.3 is 35.6 Å². The molecule has 0 amide bonds. The van der Waals surface area contributed by atoms with Crippen LogP contribution in [0.2, 0.25) is 0 Å². The number of hydrogen-bond donors (Lipinski definition) is 8. The average molecular weight is 268 g/mol. The number of ether oxygens (including phenoxy) is 2. The van der Waals surface area contributed by atoms with Crippen molar-refractivity contribution < 1.29 is 29.9 Å². The highest BCUT2D eigenvalue weighted by Crippen LogP contribution is 2.36. The first kappa shape index (κ1) is 15.7. The first-order valence-corrected chi connectivity index (χ1v) is 5.14. The third-order valence-corrected chi connectivity index (χ3v) is 3.25. The van der Waals surface area contributed by atoms with Crippen LogP contribution in [-0.2, 0) is 9.47 Å². The van der Waals surface area contributed by atoms with E-state index in [9.17, 15) is 15.3 Å². The van der Waals surface area contributed by atoms with Gasteiger partial charge in [0, 0.05) is 7.11 Å². The first-order valence-electron chi connectivity index (χ1n) is 5.14. The standard InChI is InChI=1S/C8H20N4O6/c1-17-8(12)7(11,16)6(10,15)4(14)3(2-13)5(9)18-8/h3-5,13-16H,2,9-12H2,1H3. The van der Waals surface area contributed by atoms with Gasteiger partial charge in [0.25, 0.3) is 5.91 Å². The second kappa shape index (κ2) is 4.61. The van der Waals surface area contributed by atoms with E-state index in [1.807, 2.05) is 0 Å². The summed E-state index contributed by atoms with van der Waals surface area (Å²) in [6.45, 7) is -0.683. The Kier molecular flexibility index (Phi) is 4.01. The molecule has 0 bridgehead atoms. The third kappa shape index (κ3) is 1.92. The van der Waals surface area contributed by atoms with Crippen LogP contribution in [0.1, 0.15) is 0 Å². The highest BCUT2D eigenvalue weighted by atomic mass is 16.7. The zero-order valence-electron chi connectivity index (χ0n) is 9.85. The highest BCUT2D eigenvalue weighted by molar-refractivity contribution is 5.08. The van der Waals surface area contributed by atoms with E-state index in [1.165, 1.54) is 0 Å². The van der Waals surface area contributed by atoms with Crippen LogP contribution in [0.4, 0.5) is 0 Å². The van der Waals surface area contributed by atoms with E-state index >= 15 is 0 Å². The zero-order valence-corrected chi connectivity index (χ0v) is 9.85. The van der Waals surface area contributed by atoms with E-state index in [0.29, 0.717) is 0 Å². The number of hydrogen-bond acceptors (Lipinski definition) is 10. The Hall–Kier alpha value is -0.400. The Morgan fingerprint density at radius 3 is 2.17 bits per heavy atom. The largest absolute Gasteiger partial charge is 0.396 e. The fourth-order valence-corrected chi connectivity index (χ4v) is 1.80. The Balaban J connectivity index is 3.34. The molecule has 0 aromatic carbocycles. The first-order chi connectivity index (χ1) is 8.05. The average Bonchev–Trinajstić information content (AvgIpc) is 2.31. The monoisotopic (exact) mass is 268 g/mol. The fraction of sp³-hybridized carbons (Fsp3) is 1.00. The van der Waals surface area contributed by atoms with Gasteiger partial charge in [-0.25, -0.2) is 0 Å². The molecule has 1 aliphatic rings. The molecule has 18 heavy (non-hydrogen) atoms. The summed E-state index contributed by atoms with van der Waals surface area (Å²) in [6.07, 6.45) is -3.27. The number of aliphatic hydroxyl groups excluding tert-OH is 2. The SMILES string of the molecule is COC1(N)OC(N)C(CO)C(O)C(N)(O)C1(N)O. The van der Waals surface area contributed by atoms with Gasteiger partial charge in [0.05, 0.1) is 12.5 Å². The molecule has 0 aliphatic carbocycles. The summed E-state index contributed by atoms with van der Waals surface area (Å²) in [5, 5.41) is 39.0. The summed E-state index contributed by atoms with van der Waals surface area (Å²) in [7, 11) is 1.03. The minimum Gasteiger partial charge on any atom is -0.396 e. The topological polar surface area (TPSA) is 203 Å². The number of rotatable bonds is 2. The predicted molar refractivity (Wildman–Crippen MR) is 57.8 cm³/mol. The third-order valence-electron chi connectivity index (χ3n) is 3.25. The van der Waals surface area contributed by atoms with Crippen molar-refractivity contribution in [2.75, 3.05) is 13.7 Å². The van der Waals surface area contributed by atoms with Gasteiger partial charge in [0.15, 0.2) is 5.72 Å². The summed E-state index contributed by atoms with van der Waals surface area (Å²) in [4.78, 5) is 0. The van der Waals surface area contributed by atoms with Crippen LogP contribution in [0, 0.1) is 5.92 Å². The Bertz CT molecular complexity index is 314. The molecular weight excluding hydrogens is 248 g/mol. The molecule has 0 radical (unpaired) electrons. The van der Waals surface area contributed by atoms with Gasteiger partial charge in [-0.2, -0.15) is 0 Å². The van der Waals surface area contributed by atoms with Crippen LogP contribution in [-0.4, -0.2) is 63.8 Å². The van der Waals surface area contributed by atoms with Crippen molar-refractivity contribution in [3.8, 4) is 0 Å². The van der Waals surface area contributed by atoms with Crippen molar-refractivity contribution in [2.24, 2.45) is 28.9 Å². The Morgan fingerprint density at radius 2 is 1.78 bits per heavy atom. The van der Waals surface area contributed by atoms with Crippen molar-refractivity contribution in [1.29, 1.82) is 0 Å². The molecule has 108 valence electrons. The molecule has 1 saturated heterocycles. The molecule has 0 saturated carbocycles. The molecule has 10 heteroatoms. The van der Waals surface area contributed by atoms with Crippen molar-refractivity contribution in [3.63, 3.8) is 0 Å². The van der Waals surface area contributed by atoms with Crippen molar-refractivity contribution in [1.82, 2.24) is 0 Å². The molecule has 1 fully saturated rings. The van der Waals surface area contributed by atoms with Crippen LogP contribution in [0.5, 0.6) is 0 Å². The van der Waals surface area contributed by atoms with Gasteiger partial charge in [0.1, 0.15) is 12.3 Å². The van der Waals surface area contributed by atoms with E-state index in [-0.39, 0.29) is 0 Å². The molecule has 1 aliphatic heterocycles. The number of methoxy groups -OCH3 is 1. The van der Waals surface area contributed by atoms with Crippen LogP contribution in [0.25, 0.3) is 0 Å². The van der Waals surface area contributed by atoms with Crippen LogP contribution >= 0.6 is 0 Å². The lowest BCUT2D eigenvalue weighted by atomic mass is 9.86. The van der Waals surface area contributed by atoms with Crippen LogP contribution in [0.3, 0.4) is 0 Å². The molecule has 0 aromatic heterocycles. The molecule has 6 atom stereocenters. The molecule has 10 nitrogen and oxygen atoms in total. The quantitative estimate of drug-likeness (QED) is 0.223. The summed E-state index contributed by atoms with van der Waals surface area (Å²) in [5.41, 5.74) is 16.2. The van der Waals surface area contributed by atoms with Gasteiger partial charge in [-0.1, -0.05) is 0 Å². The van der Waals surface area contributed by atoms with Crippen molar-refractivity contribution in [3.05, 3.63) is 0 Å². The Morgan fingerprint density at radius 1 is 1.28 bits per heavy atom. The second-order valence-electron chi connectivity index (χ2n) is 4.34. The second-order valence-corrected chi connectivity index (χ2v) is 4.34. The van der Waals surface area contributed by atoms with E-state index < -0.39 is 42.2 Å². The Labute approximate surface area is 103 Å². The van der Waals surface area contributed by atoms with Gasteiger partial charge in [-0.05, 0) is 0 Å². The number of nitrogens with two attached hydrogens (primary N) is 4. The lowest BCUT2D eigenvalue weighted by molar-refractivity contribution is -0.354. The zero-order chi connectivity index (χ0) is 14.4. The molecule has 0 spiro atoms. The molecule has 1 rings (SSSR count). The maximum atomic E-state index is 10.0. The van der Waals surface area contributed by atoms with E-state index in [4.69, 9.17) is 32.8 Å². The smallest absolute Gasteiger partial charge is 0.275 e. The maximum Gasteiger partial charge on any atom is 0.275 e. The molecule has 6 unspecified atom stereocenters. The number of aliphatic hydroxyl groups is 4. The van der Waals surface area contributed by atoms with E-state index in [2.05, 4.69) is 4.74 Å². The molecule has 12 N–H and O–H groups in total. The summed E-state index contributed by atoms with van der Waals surface area (Å²) in [5.74, 6) is -3.70. The van der Waals surface area contributed by atoms with Crippen LogP contribution < -0.4 is 22.9 Å². The van der Waals surface area contributed by atoms with Gasteiger partial charge in [-0.3, -0.25) is 17.2 Å². The minimum absolute atomic E-state index is 0.683. The predicted octanol–water partition coefficient (Wildman–Crippen LogP) is -5.18. The lowest BCUT2D eigenvalue weighted by Gasteiger charge is -2.46. The normalized spacial score (nSPS) is 54.2. The van der Waals surface area contributed by atoms with Gasteiger partial charge in [-0.15, -0.1) is 0 Å². The molecular formula is C8H20N4O6. The van der Waals surface area contributed by atoms with E-state index in [0.717, 1.165) is 7.11 Å². The minimum atomic E-state index is -2.88. The van der Waals surface area contributed by atoms with Crippen molar-refractivity contribution in [2.45, 2.75) is 29.7 Å². The fourth-order valence-electron chi connectivity index (χ4n) is 1.80. The van der Waals surface area contributed by atoms with E-state index in [1.54, 1.807) is 0 Å². The summed E-state index contributed by atoms with van der Waals surface area (Å²) in [6, 6.07) is 0. The van der Waals surface area contributed by atoms with Gasteiger partial charge >= 0.3 is 0 Å². The molecule has 1 heterocycles. The van der Waals surface area contributed by atoms with Crippen molar-refractivity contribution >= 4 is 0 Å². The summed E-state index contributed by atoms with van der Waals surface area (Å²) >= 11 is 0. The highest BCUT2D eigenvalue weighted by Gasteiger charge is 2.67. The lowest BCUT2D eigenvalue weighted by Crippen LogP contribution is -2.83. The summed E-state index contributed by atoms with van der Waals surface area (Å²) < 4.78 is 9.66. The van der Waals surface area contributed by atoms with Gasteiger partial charge in [0.2, 0.25) is 5.72 Å². The molecule has 0 aromatic rings. The maximum absolute atomic E-state index is 10.0.